The SMILES string of the molecule is CCOC1CCN(c2ccc(C(=O)O)cc2)CC1. The van der Waals surface area contributed by atoms with Gasteiger partial charge in [-0.1, -0.05) is 0 Å². The zero-order valence-electron chi connectivity index (χ0n) is 10.6. The number of hydrogen-bond acceptors (Lipinski definition) is 3. The van der Waals surface area contributed by atoms with E-state index in [4.69, 9.17) is 9.84 Å². The van der Waals surface area contributed by atoms with E-state index in [0.717, 1.165) is 38.2 Å². The molecule has 4 heteroatoms. The Morgan fingerprint density at radius 1 is 1.33 bits per heavy atom. The van der Waals surface area contributed by atoms with Gasteiger partial charge in [0.05, 0.1) is 11.7 Å². The van der Waals surface area contributed by atoms with Crippen LogP contribution in [0.1, 0.15) is 30.1 Å². The van der Waals surface area contributed by atoms with Crippen molar-refractivity contribution in [2.45, 2.75) is 25.9 Å². The van der Waals surface area contributed by atoms with Gasteiger partial charge in [-0.05, 0) is 44.0 Å². The van der Waals surface area contributed by atoms with Gasteiger partial charge in [-0.25, -0.2) is 4.79 Å². The topological polar surface area (TPSA) is 49.8 Å². The van der Waals surface area contributed by atoms with Crippen LogP contribution in [0.2, 0.25) is 0 Å². The minimum Gasteiger partial charge on any atom is -0.478 e. The van der Waals surface area contributed by atoms with E-state index >= 15 is 0 Å². The quantitative estimate of drug-likeness (QED) is 0.890. The molecule has 1 aromatic rings. The van der Waals surface area contributed by atoms with Gasteiger partial charge in [0.1, 0.15) is 0 Å². The Labute approximate surface area is 107 Å². The molecule has 1 aromatic carbocycles. The number of ether oxygens (including phenoxy) is 1. The normalized spacial score (nSPS) is 16.8. The van der Waals surface area contributed by atoms with Crippen LogP contribution in [-0.2, 0) is 4.74 Å². The number of aromatic carboxylic acids is 1. The molecule has 1 aliphatic rings. The molecule has 0 atom stereocenters. The highest BCUT2D eigenvalue weighted by Crippen LogP contribution is 2.21. The standard InChI is InChI=1S/C14H19NO3/c1-2-18-13-7-9-15(10-8-13)12-5-3-11(4-6-12)14(16)17/h3-6,13H,2,7-10H2,1H3,(H,16,17). The van der Waals surface area contributed by atoms with Crippen LogP contribution in [0, 0.1) is 0 Å². The van der Waals surface area contributed by atoms with Crippen molar-refractivity contribution < 1.29 is 14.6 Å². The highest BCUT2D eigenvalue weighted by Gasteiger charge is 2.19. The van der Waals surface area contributed by atoms with Crippen molar-refractivity contribution in [1.82, 2.24) is 0 Å². The summed E-state index contributed by atoms with van der Waals surface area (Å²) < 4.78 is 5.61. The van der Waals surface area contributed by atoms with Crippen molar-refractivity contribution in [1.29, 1.82) is 0 Å². The third-order valence-electron chi connectivity index (χ3n) is 3.32. The fourth-order valence-corrected chi connectivity index (χ4v) is 2.33. The van der Waals surface area contributed by atoms with Crippen LogP contribution in [-0.4, -0.2) is 36.9 Å². The molecular formula is C14H19NO3. The van der Waals surface area contributed by atoms with Crippen molar-refractivity contribution in [3.8, 4) is 0 Å². The molecule has 1 aliphatic heterocycles. The molecule has 1 saturated heterocycles. The lowest BCUT2D eigenvalue weighted by Gasteiger charge is -2.33. The number of nitrogens with zero attached hydrogens (tertiary/aromatic N) is 1. The lowest BCUT2D eigenvalue weighted by Crippen LogP contribution is -2.37. The van der Waals surface area contributed by atoms with E-state index in [1.54, 1.807) is 12.1 Å². The first-order valence-corrected chi connectivity index (χ1v) is 6.40. The molecule has 0 aliphatic carbocycles. The number of carbonyl (C=O) groups is 1. The third-order valence-corrected chi connectivity index (χ3v) is 3.32. The van der Waals surface area contributed by atoms with Gasteiger partial charge in [0.25, 0.3) is 0 Å². The summed E-state index contributed by atoms with van der Waals surface area (Å²) in [6.07, 6.45) is 2.45. The Hall–Kier alpha value is -1.55. The predicted molar refractivity (Wildman–Crippen MR) is 70.3 cm³/mol. The zero-order valence-corrected chi connectivity index (χ0v) is 10.6. The van der Waals surface area contributed by atoms with Crippen LogP contribution in [0.5, 0.6) is 0 Å². The molecule has 4 nitrogen and oxygen atoms in total. The highest BCUT2D eigenvalue weighted by atomic mass is 16.5. The monoisotopic (exact) mass is 249 g/mol. The summed E-state index contributed by atoms with van der Waals surface area (Å²) in [4.78, 5) is 13.1. The zero-order chi connectivity index (χ0) is 13.0. The summed E-state index contributed by atoms with van der Waals surface area (Å²) >= 11 is 0. The van der Waals surface area contributed by atoms with Crippen molar-refractivity contribution in [2.75, 3.05) is 24.6 Å². The Balaban J connectivity index is 1.95. The van der Waals surface area contributed by atoms with Gasteiger partial charge >= 0.3 is 5.97 Å². The third kappa shape index (κ3) is 3.01. The minimum atomic E-state index is -0.878. The molecule has 0 saturated carbocycles. The summed E-state index contributed by atoms with van der Waals surface area (Å²) in [6, 6.07) is 7.08. The van der Waals surface area contributed by atoms with E-state index in [1.807, 2.05) is 19.1 Å². The van der Waals surface area contributed by atoms with Crippen molar-refractivity contribution >= 4 is 11.7 Å². The smallest absolute Gasteiger partial charge is 0.335 e. The van der Waals surface area contributed by atoms with Gasteiger partial charge in [0.2, 0.25) is 0 Å². The summed E-state index contributed by atoms with van der Waals surface area (Å²) in [5.74, 6) is -0.878. The average molecular weight is 249 g/mol. The molecule has 98 valence electrons. The Morgan fingerprint density at radius 3 is 2.44 bits per heavy atom. The first kappa shape index (κ1) is 12.9. The Bertz CT molecular complexity index is 394. The van der Waals surface area contributed by atoms with Crippen LogP contribution < -0.4 is 4.90 Å². The molecule has 18 heavy (non-hydrogen) atoms. The molecule has 0 bridgehead atoms. The van der Waals surface area contributed by atoms with Gasteiger partial charge in [0.15, 0.2) is 0 Å². The largest absolute Gasteiger partial charge is 0.478 e. The lowest BCUT2D eigenvalue weighted by molar-refractivity contribution is 0.0459. The number of hydrogen-bond donors (Lipinski definition) is 1. The maximum atomic E-state index is 10.8. The number of benzene rings is 1. The molecule has 0 radical (unpaired) electrons. The molecule has 1 N–H and O–H groups in total. The van der Waals surface area contributed by atoms with Gasteiger partial charge in [-0.3, -0.25) is 0 Å². The summed E-state index contributed by atoms with van der Waals surface area (Å²) in [5, 5.41) is 8.85. The number of piperidine rings is 1. The summed E-state index contributed by atoms with van der Waals surface area (Å²) in [7, 11) is 0. The van der Waals surface area contributed by atoms with Crippen LogP contribution in [0.3, 0.4) is 0 Å². The van der Waals surface area contributed by atoms with Crippen molar-refractivity contribution in [3.05, 3.63) is 29.8 Å². The van der Waals surface area contributed by atoms with E-state index in [9.17, 15) is 4.79 Å². The number of carboxylic acids is 1. The van der Waals surface area contributed by atoms with E-state index in [1.165, 1.54) is 0 Å². The minimum absolute atomic E-state index is 0.336. The van der Waals surface area contributed by atoms with Gasteiger partial charge in [-0.2, -0.15) is 0 Å². The molecule has 1 fully saturated rings. The van der Waals surface area contributed by atoms with Crippen LogP contribution in [0.15, 0.2) is 24.3 Å². The van der Waals surface area contributed by atoms with Crippen LogP contribution in [0.4, 0.5) is 5.69 Å². The Morgan fingerprint density at radius 2 is 1.94 bits per heavy atom. The number of rotatable bonds is 4. The second-order valence-corrected chi connectivity index (χ2v) is 4.49. The van der Waals surface area contributed by atoms with E-state index < -0.39 is 5.97 Å². The van der Waals surface area contributed by atoms with Crippen molar-refractivity contribution in [3.63, 3.8) is 0 Å². The van der Waals surface area contributed by atoms with Gasteiger partial charge in [0, 0.05) is 25.4 Å². The van der Waals surface area contributed by atoms with E-state index in [2.05, 4.69) is 4.90 Å². The van der Waals surface area contributed by atoms with E-state index in [0.29, 0.717) is 11.7 Å². The predicted octanol–water partition coefficient (Wildman–Crippen LogP) is 2.39. The molecular weight excluding hydrogens is 230 g/mol. The molecule has 0 unspecified atom stereocenters. The fraction of sp³-hybridized carbons (Fsp3) is 0.500. The highest BCUT2D eigenvalue weighted by molar-refractivity contribution is 5.88. The molecule has 2 rings (SSSR count). The lowest BCUT2D eigenvalue weighted by atomic mass is 10.1. The average Bonchev–Trinajstić information content (AvgIpc) is 2.40. The second kappa shape index (κ2) is 5.87. The maximum Gasteiger partial charge on any atom is 0.335 e. The van der Waals surface area contributed by atoms with Crippen LogP contribution >= 0.6 is 0 Å². The molecule has 0 amide bonds. The maximum absolute atomic E-state index is 10.8. The molecule has 1 heterocycles. The van der Waals surface area contributed by atoms with E-state index in [-0.39, 0.29) is 0 Å². The van der Waals surface area contributed by atoms with Gasteiger partial charge in [-0.15, -0.1) is 0 Å². The van der Waals surface area contributed by atoms with Crippen molar-refractivity contribution in [2.24, 2.45) is 0 Å². The van der Waals surface area contributed by atoms with Crippen LogP contribution in [0.25, 0.3) is 0 Å². The molecule has 0 aromatic heterocycles. The summed E-state index contributed by atoms with van der Waals surface area (Å²) in [5.41, 5.74) is 1.43. The summed E-state index contributed by atoms with van der Waals surface area (Å²) in [6.45, 7) is 4.74. The number of carboxylic acid groups (broad SMARTS) is 1. The Kier molecular flexibility index (Phi) is 4.20. The first-order valence-electron chi connectivity index (χ1n) is 6.40. The fourth-order valence-electron chi connectivity index (χ4n) is 2.33. The molecule has 0 spiro atoms. The second-order valence-electron chi connectivity index (χ2n) is 4.49. The number of anilines is 1. The van der Waals surface area contributed by atoms with Gasteiger partial charge < -0.3 is 14.7 Å². The first-order chi connectivity index (χ1) is 8.70.